The van der Waals surface area contributed by atoms with Crippen molar-refractivity contribution in [3.63, 3.8) is 0 Å². The summed E-state index contributed by atoms with van der Waals surface area (Å²) in [6.07, 6.45) is 3.43. The molecule has 4 N–H and O–H groups in total. The number of benzene rings is 1. The van der Waals surface area contributed by atoms with Gasteiger partial charge in [-0.05, 0) is 25.8 Å². The van der Waals surface area contributed by atoms with E-state index < -0.39 is 0 Å². The Morgan fingerprint density at radius 2 is 2.15 bits per heavy atom. The number of nitrogens with zero attached hydrogens (tertiary/aromatic N) is 2. The summed E-state index contributed by atoms with van der Waals surface area (Å²) in [6, 6.07) is 7.80. The Morgan fingerprint density at radius 1 is 1.42 bits per heavy atom. The fraction of sp³-hybridized carbons (Fsp3) is 0.474. The van der Waals surface area contributed by atoms with Crippen molar-refractivity contribution in [1.82, 2.24) is 15.5 Å². The highest BCUT2D eigenvalue weighted by molar-refractivity contribution is 5.80. The van der Waals surface area contributed by atoms with Gasteiger partial charge < -0.3 is 26.0 Å². The molecule has 1 aliphatic heterocycles. The molecule has 2 amide bonds. The van der Waals surface area contributed by atoms with Gasteiger partial charge in [-0.15, -0.1) is 0 Å². The molecule has 7 nitrogen and oxygen atoms in total. The largest absolute Gasteiger partial charge is 0.489 e. The first-order chi connectivity index (χ1) is 12.6. The lowest BCUT2D eigenvalue weighted by molar-refractivity contribution is 0.188. The lowest BCUT2D eigenvalue weighted by Crippen LogP contribution is -2.50. The van der Waals surface area contributed by atoms with Gasteiger partial charge in [0.05, 0.1) is 6.54 Å². The van der Waals surface area contributed by atoms with Crippen molar-refractivity contribution < 1.29 is 9.53 Å². The maximum atomic E-state index is 11.2. The van der Waals surface area contributed by atoms with Crippen LogP contribution in [0.1, 0.15) is 25.3 Å². The third kappa shape index (κ3) is 5.98. The Labute approximate surface area is 155 Å². The number of primary amides is 1. The predicted octanol–water partition coefficient (Wildman–Crippen LogP) is 1.85. The van der Waals surface area contributed by atoms with Crippen LogP contribution >= 0.6 is 0 Å². The molecule has 2 rings (SSSR count). The lowest BCUT2D eigenvalue weighted by atomic mass is 10.1. The van der Waals surface area contributed by atoms with Gasteiger partial charge in [0.1, 0.15) is 12.4 Å². The van der Waals surface area contributed by atoms with Gasteiger partial charge in [0.2, 0.25) is 0 Å². The second-order valence-electron chi connectivity index (χ2n) is 6.15. The molecule has 1 aromatic rings. The first-order valence-electron chi connectivity index (χ1n) is 9.04. The molecule has 1 heterocycles. The molecule has 1 aromatic carbocycles. The molecule has 142 valence electrons. The van der Waals surface area contributed by atoms with E-state index in [9.17, 15) is 4.79 Å². The molecule has 0 aliphatic carbocycles. The van der Waals surface area contributed by atoms with Crippen LogP contribution in [0.4, 0.5) is 4.79 Å². The summed E-state index contributed by atoms with van der Waals surface area (Å²) in [4.78, 5) is 17.6. The number of likely N-dealkylation sites (tertiary alicyclic amines) is 1. The number of piperidine rings is 1. The standard InChI is InChI=1S/C19H29N5O2/c1-3-13-26-17-8-6-5-7-15(17)14-22-19(21-4-2)23-16-9-11-24(12-10-16)18(20)25/h3,5-8,16H,1,4,9-14H2,2H3,(H2,20,25)(H2,21,22,23). The van der Waals surface area contributed by atoms with E-state index in [2.05, 4.69) is 22.2 Å². The average Bonchev–Trinajstić information content (AvgIpc) is 2.65. The Balaban J connectivity index is 1.97. The summed E-state index contributed by atoms with van der Waals surface area (Å²) in [5, 5.41) is 6.73. The number of urea groups is 1. The number of para-hydroxylation sites is 1. The van der Waals surface area contributed by atoms with Gasteiger partial charge >= 0.3 is 6.03 Å². The van der Waals surface area contributed by atoms with Gasteiger partial charge in [-0.1, -0.05) is 30.9 Å². The van der Waals surface area contributed by atoms with Crippen LogP contribution in [0.3, 0.4) is 0 Å². The van der Waals surface area contributed by atoms with E-state index in [1.165, 1.54) is 0 Å². The van der Waals surface area contributed by atoms with Crippen LogP contribution in [0, 0.1) is 0 Å². The van der Waals surface area contributed by atoms with Crippen LogP contribution in [0.25, 0.3) is 0 Å². The van der Waals surface area contributed by atoms with Crippen LogP contribution in [0.15, 0.2) is 41.9 Å². The van der Waals surface area contributed by atoms with Crippen LogP contribution in [-0.4, -0.2) is 49.2 Å². The summed E-state index contributed by atoms with van der Waals surface area (Å²) in [6.45, 7) is 8.82. The van der Waals surface area contributed by atoms with E-state index in [0.29, 0.717) is 26.2 Å². The van der Waals surface area contributed by atoms with Crippen LogP contribution < -0.4 is 21.1 Å². The van der Waals surface area contributed by atoms with Crippen molar-refractivity contribution in [2.75, 3.05) is 26.2 Å². The zero-order valence-corrected chi connectivity index (χ0v) is 15.4. The Kier molecular flexibility index (Phi) is 7.79. The SMILES string of the molecule is C=CCOc1ccccc1CN=C(NCC)NC1CCN(C(N)=O)CC1. The van der Waals surface area contributed by atoms with Crippen LogP contribution in [-0.2, 0) is 6.54 Å². The molecule has 0 radical (unpaired) electrons. The molecular weight excluding hydrogens is 330 g/mol. The van der Waals surface area contributed by atoms with Crippen LogP contribution in [0.2, 0.25) is 0 Å². The van der Waals surface area contributed by atoms with Gasteiger partial charge in [-0.2, -0.15) is 0 Å². The molecular formula is C19H29N5O2. The number of guanidine groups is 1. The topological polar surface area (TPSA) is 92.0 Å². The van der Waals surface area contributed by atoms with E-state index in [-0.39, 0.29) is 12.1 Å². The zero-order chi connectivity index (χ0) is 18.8. The molecule has 1 saturated heterocycles. The number of rotatable bonds is 7. The van der Waals surface area contributed by atoms with Gasteiger partial charge in [-0.25, -0.2) is 9.79 Å². The smallest absolute Gasteiger partial charge is 0.314 e. The Morgan fingerprint density at radius 3 is 2.81 bits per heavy atom. The average molecular weight is 359 g/mol. The minimum atomic E-state index is -0.347. The third-order valence-electron chi connectivity index (χ3n) is 4.23. The fourth-order valence-electron chi connectivity index (χ4n) is 2.85. The van der Waals surface area contributed by atoms with E-state index in [1.807, 2.05) is 31.2 Å². The molecule has 7 heteroatoms. The molecule has 0 spiro atoms. The van der Waals surface area contributed by atoms with Gasteiger partial charge in [0.15, 0.2) is 5.96 Å². The Hall–Kier alpha value is -2.70. The predicted molar refractivity (Wildman–Crippen MR) is 104 cm³/mol. The number of amides is 2. The number of nitrogens with two attached hydrogens (primary N) is 1. The summed E-state index contributed by atoms with van der Waals surface area (Å²) in [5.74, 6) is 1.59. The van der Waals surface area contributed by atoms with E-state index >= 15 is 0 Å². The number of carbonyl (C=O) groups excluding carboxylic acids is 1. The summed E-state index contributed by atoms with van der Waals surface area (Å²) in [7, 11) is 0. The highest BCUT2D eigenvalue weighted by Crippen LogP contribution is 2.19. The summed E-state index contributed by atoms with van der Waals surface area (Å²) >= 11 is 0. The van der Waals surface area contributed by atoms with Crippen molar-refractivity contribution in [1.29, 1.82) is 0 Å². The van der Waals surface area contributed by atoms with Gasteiger partial charge in [0.25, 0.3) is 0 Å². The summed E-state index contributed by atoms with van der Waals surface area (Å²) < 4.78 is 5.69. The van der Waals surface area contributed by atoms with Gasteiger partial charge in [-0.3, -0.25) is 0 Å². The van der Waals surface area contributed by atoms with E-state index in [4.69, 9.17) is 10.5 Å². The summed E-state index contributed by atoms with van der Waals surface area (Å²) in [5.41, 5.74) is 6.36. The molecule has 0 aromatic heterocycles. The highest BCUT2D eigenvalue weighted by atomic mass is 16.5. The maximum Gasteiger partial charge on any atom is 0.314 e. The number of ether oxygens (including phenoxy) is 1. The third-order valence-corrected chi connectivity index (χ3v) is 4.23. The minimum Gasteiger partial charge on any atom is -0.489 e. The zero-order valence-electron chi connectivity index (χ0n) is 15.4. The van der Waals surface area contributed by atoms with Crippen molar-refractivity contribution in [2.45, 2.75) is 32.4 Å². The number of nitrogens with one attached hydrogen (secondary N) is 2. The first kappa shape index (κ1) is 19.6. The number of hydrogen-bond acceptors (Lipinski definition) is 3. The second-order valence-corrected chi connectivity index (χ2v) is 6.15. The molecule has 0 bridgehead atoms. The first-order valence-corrected chi connectivity index (χ1v) is 9.04. The van der Waals surface area contributed by atoms with Crippen LogP contribution in [0.5, 0.6) is 5.75 Å². The van der Waals surface area contributed by atoms with Crippen molar-refractivity contribution in [3.8, 4) is 5.75 Å². The second kappa shape index (κ2) is 10.3. The molecule has 0 atom stereocenters. The number of hydrogen-bond donors (Lipinski definition) is 3. The van der Waals surface area contributed by atoms with E-state index in [0.717, 1.165) is 36.7 Å². The maximum absolute atomic E-state index is 11.2. The van der Waals surface area contributed by atoms with Crippen molar-refractivity contribution >= 4 is 12.0 Å². The molecule has 1 aliphatic rings. The van der Waals surface area contributed by atoms with Gasteiger partial charge in [0, 0.05) is 31.2 Å². The van der Waals surface area contributed by atoms with Crippen molar-refractivity contribution in [2.24, 2.45) is 10.7 Å². The fourth-order valence-corrected chi connectivity index (χ4v) is 2.85. The normalized spacial score (nSPS) is 15.4. The van der Waals surface area contributed by atoms with E-state index in [1.54, 1.807) is 11.0 Å². The highest BCUT2D eigenvalue weighted by Gasteiger charge is 2.21. The van der Waals surface area contributed by atoms with Crippen molar-refractivity contribution in [3.05, 3.63) is 42.5 Å². The lowest BCUT2D eigenvalue weighted by Gasteiger charge is -2.32. The Bertz CT molecular complexity index is 624. The molecule has 26 heavy (non-hydrogen) atoms. The molecule has 1 fully saturated rings. The number of aliphatic imine (C=N–C) groups is 1. The monoisotopic (exact) mass is 359 g/mol. The minimum absolute atomic E-state index is 0.274. The number of carbonyl (C=O) groups is 1. The molecule has 0 saturated carbocycles. The quantitative estimate of drug-likeness (QED) is 0.394. The molecule has 0 unspecified atom stereocenters.